The first kappa shape index (κ1) is 19.1. The molecule has 0 heterocycles. The molecule has 1 fully saturated rings. The van der Waals surface area contributed by atoms with E-state index in [-0.39, 0.29) is 11.2 Å². The van der Waals surface area contributed by atoms with Crippen LogP contribution in [0.25, 0.3) is 0 Å². The van der Waals surface area contributed by atoms with Crippen LogP contribution in [0.4, 0.5) is 0 Å². The lowest BCUT2D eigenvalue weighted by Crippen LogP contribution is -2.48. The first-order valence-electron chi connectivity index (χ1n) is 9.61. The van der Waals surface area contributed by atoms with Crippen molar-refractivity contribution in [3.63, 3.8) is 0 Å². The monoisotopic (exact) mass is 367 g/mol. The van der Waals surface area contributed by atoms with Crippen molar-refractivity contribution >= 4 is 5.96 Å². The maximum atomic E-state index is 10.3. The average Bonchev–Trinajstić information content (AvgIpc) is 2.67. The highest BCUT2D eigenvalue weighted by atomic mass is 16.5. The van der Waals surface area contributed by atoms with Gasteiger partial charge in [-0.1, -0.05) is 48.9 Å². The molecule has 144 valence electrons. The number of aromatic hydroxyl groups is 1. The second-order valence-corrected chi connectivity index (χ2v) is 7.02. The van der Waals surface area contributed by atoms with Crippen molar-refractivity contribution in [1.82, 2.24) is 10.6 Å². The summed E-state index contributed by atoms with van der Waals surface area (Å²) in [5, 5.41) is 17.1. The molecule has 2 aromatic rings. The Morgan fingerprint density at radius 3 is 2.52 bits per heavy atom. The average molecular weight is 367 g/mol. The maximum absolute atomic E-state index is 10.3. The molecule has 1 aliphatic rings. The summed E-state index contributed by atoms with van der Waals surface area (Å²) in [4.78, 5) is 4.65. The summed E-state index contributed by atoms with van der Waals surface area (Å²) in [6, 6.07) is 16.2. The Kier molecular flexibility index (Phi) is 6.22. The molecule has 27 heavy (non-hydrogen) atoms. The summed E-state index contributed by atoms with van der Waals surface area (Å²) < 4.78 is 5.17. The van der Waals surface area contributed by atoms with Crippen LogP contribution in [0, 0.1) is 0 Å². The molecular weight excluding hydrogens is 338 g/mol. The Morgan fingerprint density at radius 1 is 1.11 bits per heavy atom. The van der Waals surface area contributed by atoms with Gasteiger partial charge in [-0.25, -0.2) is 4.99 Å². The van der Waals surface area contributed by atoms with Gasteiger partial charge in [-0.05, 0) is 31.4 Å². The second kappa shape index (κ2) is 8.80. The van der Waals surface area contributed by atoms with Crippen molar-refractivity contribution in [3.05, 3.63) is 59.7 Å². The third-order valence-electron chi connectivity index (χ3n) is 5.35. The van der Waals surface area contributed by atoms with Crippen LogP contribution in [0.1, 0.15) is 37.3 Å². The minimum atomic E-state index is 0.152. The summed E-state index contributed by atoms with van der Waals surface area (Å²) in [5.41, 5.74) is 2.33. The number of ether oxygens (including phenoxy) is 1. The third kappa shape index (κ3) is 4.35. The fourth-order valence-corrected chi connectivity index (χ4v) is 3.58. The molecule has 0 amide bonds. The van der Waals surface area contributed by atoms with Crippen molar-refractivity contribution in [2.45, 2.75) is 38.1 Å². The molecule has 0 atom stereocenters. The molecule has 2 aromatic carbocycles. The van der Waals surface area contributed by atoms with Crippen molar-refractivity contribution in [2.24, 2.45) is 4.99 Å². The van der Waals surface area contributed by atoms with Crippen LogP contribution in [0.3, 0.4) is 0 Å². The summed E-state index contributed by atoms with van der Waals surface area (Å²) in [5.74, 6) is 1.39. The quantitative estimate of drug-likeness (QED) is 0.517. The number of hydrogen-bond donors (Lipinski definition) is 3. The standard InChI is InChI=1S/C22H29N3O2/c1-3-23-21(24-15-17-9-7-12-19(27-2)20(17)26)25-16-22(13-8-14-22)18-10-5-4-6-11-18/h4-7,9-12,26H,3,8,13-16H2,1-2H3,(H2,23,24,25). The number of nitrogens with zero attached hydrogens (tertiary/aromatic N) is 1. The summed E-state index contributed by atoms with van der Waals surface area (Å²) in [7, 11) is 1.55. The number of phenolic OH excluding ortho intramolecular Hbond substituents is 1. The van der Waals surface area contributed by atoms with Crippen LogP contribution in [0.2, 0.25) is 0 Å². The molecule has 5 nitrogen and oxygen atoms in total. The van der Waals surface area contributed by atoms with Crippen molar-refractivity contribution < 1.29 is 9.84 Å². The normalized spacial score (nSPS) is 15.7. The van der Waals surface area contributed by atoms with Gasteiger partial charge in [0.25, 0.3) is 0 Å². The molecule has 3 rings (SSSR count). The number of hydrogen-bond acceptors (Lipinski definition) is 3. The van der Waals surface area contributed by atoms with E-state index >= 15 is 0 Å². The van der Waals surface area contributed by atoms with E-state index in [4.69, 9.17) is 4.74 Å². The Balaban J connectivity index is 1.70. The van der Waals surface area contributed by atoms with Crippen molar-refractivity contribution in [1.29, 1.82) is 0 Å². The predicted octanol–water partition coefficient (Wildman–Crippen LogP) is 3.58. The molecular formula is C22H29N3O2. The van der Waals surface area contributed by atoms with E-state index in [2.05, 4.69) is 52.9 Å². The van der Waals surface area contributed by atoms with Gasteiger partial charge in [-0.3, -0.25) is 0 Å². The fraction of sp³-hybridized carbons (Fsp3) is 0.409. The highest BCUT2D eigenvalue weighted by Gasteiger charge is 2.38. The van der Waals surface area contributed by atoms with Gasteiger partial charge in [0.2, 0.25) is 0 Å². The van der Waals surface area contributed by atoms with E-state index in [1.807, 2.05) is 12.1 Å². The number of para-hydroxylation sites is 1. The number of nitrogens with one attached hydrogen (secondary N) is 2. The Morgan fingerprint density at radius 2 is 1.89 bits per heavy atom. The van der Waals surface area contributed by atoms with Gasteiger partial charge in [0.15, 0.2) is 17.5 Å². The Labute approximate surface area is 161 Å². The van der Waals surface area contributed by atoms with Crippen molar-refractivity contribution in [2.75, 3.05) is 20.2 Å². The molecule has 0 aromatic heterocycles. The summed E-state index contributed by atoms with van der Waals surface area (Å²) in [6.45, 7) is 4.08. The number of phenols is 1. The van der Waals surface area contributed by atoms with Gasteiger partial charge in [0, 0.05) is 24.1 Å². The van der Waals surface area contributed by atoms with E-state index in [9.17, 15) is 5.11 Å². The fourth-order valence-electron chi connectivity index (χ4n) is 3.58. The predicted molar refractivity (Wildman–Crippen MR) is 109 cm³/mol. The van der Waals surface area contributed by atoms with Crippen LogP contribution in [-0.4, -0.2) is 31.3 Å². The molecule has 0 spiro atoms. The zero-order valence-corrected chi connectivity index (χ0v) is 16.2. The Hall–Kier alpha value is -2.69. The molecule has 5 heteroatoms. The lowest BCUT2D eigenvalue weighted by atomic mass is 9.64. The highest BCUT2D eigenvalue weighted by molar-refractivity contribution is 5.80. The van der Waals surface area contributed by atoms with E-state index < -0.39 is 0 Å². The maximum Gasteiger partial charge on any atom is 0.191 e. The van der Waals surface area contributed by atoms with Crippen LogP contribution in [0.15, 0.2) is 53.5 Å². The van der Waals surface area contributed by atoms with Gasteiger partial charge in [0.1, 0.15) is 0 Å². The first-order valence-corrected chi connectivity index (χ1v) is 9.61. The van der Waals surface area contributed by atoms with E-state index in [0.717, 1.165) is 24.6 Å². The lowest BCUT2D eigenvalue weighted by Gasteiger charge is -2.43. The second-order valence-electron chi connectivity index (χ2n) is 7.02. The minimum Gasteiger partial charge on any atom is -0.504 e. The van der Waals surface area contributed by atoms with Gasteiger partial charge < -0.3 is 20.5 Å². The molecule has 0 radical (unpaired) electrons. The number of methoxy groups -OCH3 is 1. The molecule has 0 saturated heterocycles. The third-order valence-corrected chi connectivity index (χ3v) is 5.35. The van der Waals surface area contributed by atoms with Gasteiger partial charge in [-0.2, -0.15) is 0 Å². The van der Waals surface area contributed by atoms with Crippen LogP contribution in [-0.2, 0) is 12.0 Å². The first-order chi connectivity index (χ1) is 13.2. The molecule has 1 saturated carbocycles. The number of guanidine groups is 1. The molecule has 1 aliphatic carbocycles. The minimum absolute atomic E-state index is 0.152. The number of benzene rings is 2. The number of aliphatic imine (C=N–C) groups is 1. The van der Waals surface area contributed by atoms with Crippen LogP contribution in [0.5, 0.6) is 11.5 Å². The van der Waals surface area contributed by atoms with E-state index in [1.54, 1.807) is 13.2 Å². The van der Waals surface area contributed by atoms with Crippen LogP contribution >= 0.6 is 0 Å². The topological polar surface area (TPSA) is 65.9 Å². The van der Waals surface area contributed by atoms with Gasteiger partial charge in [0.05, 0.1) is 13.7 Å². The Bertz CT molecular complexity index is 770. The van der Waals surface area contributed by atoms with Crippen LogP contribution < -0.4 is 15.4 Å². The summed E-state index contributed by atoms with van der Waals surface area (Å²) >= 11 is 0. The summed E-state index contributed by atoms with van der Waals surface area (Å²) in [6.07, 6.45) is 3.65. The molecule has 3 N–H and O–H groups in total. The molecule has 0 bridgehead atoms. The lowest BCUT2D eigenvalue weighted by molar-refractivity contribution is 0.244. The molecule has 0 aliphatic heterocycles. The van der Waals surface area contributed by atoms with Gasteiger partial charge in [-0.15, -0.1) is 0 Å². The largest absolute Gasteiger partial charge is 0.504 e. The number of rotatable bonds is 7. The van der Waals surface area contributed by atoms with Gasteiger partial charge >= 0.3 is 0 Å². The van der Waals surface area contributed by atoms with E-state index in [1.165, 1.54) is 24.8 Å². The van der Waals surface area contributed by atoms with E-state index in [0.29, 0.717) is 12.3 Å². The smallest absolute Gasteiger partial charge is 0.191 e. The SMILES string of the molecule is CCNC(=NCc1cccc(OC)c1O)NCC1(c2ccccc2)CCC1. The highest BCUT2D eigenvalue weighted by Crippen LogP contribution is 2.43. The zero-order valence-electron chi connectivity index (χ0n) is 16.2. The van der Waals surface area contributed by atoms with Crippen molar-refractivity contribution in [3.8, 4) is 11.5 Å². The molecule has 0 unspecified atom stereocenters. The zero-order chi connectivity index (χ0) is 19.1.